The number of furan rings is 1. The van der Waals surface area contributed by atoms with Crippen LogP contribution in [0.25, 0.3) is 11.0 Å². The lowest BCUT2D eigenvalue weighted by atomic mass is 10.1. The predicted octanol–water partition coefficient (Wildman–Crippen LogP) is 4.61. The largest absolute Gasteiger partial charge is 0.451 e. The van der Waals surface area contributed by atoms with Crippen LogP contribution in [0.5, 0.6) is 0 Å². The molecule has 6 heteroatoms. The van der Waals surface area contributed by atoms with Crippen molar-refractivity contribution in [3.63, 3.8) is 0 Å². The number of carbonyl (C=O) groups is 1. The smallest absolute Gasteiger partial charge is 0.389 e. The van der Waals surface area contributed by atoms with Gasteiger partial charge < -0.3 is 4.42 Å². The van der Waals surface area contributed by atoms with Crippen LogP contribution < -0.4 is 0 Å². The lowest BCUT2D eigenvalue weighted by Crippen LogP contribution is -2.10. The van der Waals surface area contributed by atoms with Gasteiger partial charge in [0.1, 0.15) is 0 Å². The Morgan fingerprint density at radius 1 is 1.33 bits per heavy atom. The highest BCUT2D eigenvalue weighted by atomic mass is 35.5. The van der Waals surface area contributed by atoms with E-state index in [1.807, 2.05) is 0 Å². The number of carbonyl (C=O) groups excluding carboxylic acids is 1. The maximum absolute atomic E-state index is 12.0. The fourth-order valence-corrected chi connectivity index (χ4v) is 1.76. The number of ketones is 1. The number of fused-ring (bicyclic) bond motifs is 1. The molecule has 1 aromatic carbocycles. The number of rotatable bonds is 3. The van der Waals surface area contributed by atoms with Crippen LogP contribution in [0.1, 0.15) is 23.4 Å². The van der Waals surface area contributed by atoms with E-state index in [1.54, 1.807) is 18.2 Å². The highest BCUT2D eigenvalue weighted by Crippen LogP contribution is 2.28. The van der Waals surface area contributed by atoms with E-state index in [0.29, 0.717) is 16.0 Å². The zero-order valence-corrected chi connectivity index (χ0v) is 9.81. The molecule has 0 spiro atoms. The van der Waals surface area contributed by atoms with Crippen molar-refractivity contribution in [2.45, 2.75) is 19.0 Å². The first-order valence-electron chi connectivity index (χ1n) is 5.15. The molecule has 0 aliphatic rings. The van der Waals surface area contributed by atoms with Crippen molar-refractivity contribution in [3.05, 3.63) is 35.0 Å². The molecule has 2 aromatic rings. The SMILES string of the molecule is O=C(CCC(F)(F)F)c1cc2cccc(Cl)c2o1. The van der Waals surface area contributed by atoms with E-state index in [0.717, 1.165) is 0 Å². The number of alkyl halides is 3. The highest BCUT2D eigenvalue weighted by molar-refractivity contribution is 6.34. The minimum Gasteiger partial charge on any atom is -0.451 e. The van der Waals surface area contributed by atoms with Gasteiger partial charge in [-0.05, 0) is 12.1 Å². The van der Waals surface area contributed by atoms with Crippen LogP contribution >= 0.6 is 11.6 Å². The fraction of sp³-hybridized carbons (Fsp3) is 0.250. The summed E-state index contributed by atoms with van der Waals surface area (Å²) < 4.78 is 41.2. The molecule has 18 heavy (non-hydrogen) atoms. The number of Topliss-reactive ketones (excluding diaryl/α,β-unsaturated/α-hetero) is 1. The van der Waals surface area contributed by atoms with Gasteiger partial charge in [0.05, 0.1) is 11.4 Å². The Bertz CT molecular complexity index is 587. The molecule has 0 unspecified atom stereocenters. The average molecular weight is 277 g/mol. The van der Waals surface area contributed by atoms with Crippen molar-refractivity contribution in [1.82, 2.24) is 0 Å². The predicted molar refractivity (Wildman–Crippen MR) is 60.8 cm³/mol. The number of para-hydroxylation sites is 1. The van der Waals surface area contributed by atoms with Gasteiger partial charge in [0.15, 0.2) is 17.1 Å². The van der Waals surface area contributed by atoms with Crippen LogP contribution in [-0.4, -0.2) is 12.0 Å². The number of benzene rings is 1. The third-order valence-corrected chi connectivity index (χ3v) is 2.70. The van der Waals surface area contributed by atoms with Gasteiger partial charge in [-0.3, -0.25) is 4.79 Å². The molecule has 0 radical (unpaired) electrons. The summed E-state index contributed by atoms with van der Waals surface area (Å²) in [6.45, 7) is 0. The zero-order valence-electron chi connectivity index (χ0n) is 9.05. The van der Waals surface area contributed by atoms with E-state index in [2.05, 4.69) is 0 Å². The van der Waals surface area contributed by atoms with E-state index >= 15 is 0 Å². The van der Waals surface area contributed by atoms with Gasteiger partial charge in [0, 0.05) is 11.8 Å². The van der Waals surface area contributed by atoms with Gasteiger partial charge >= 0.3 is 6.18 Å². The Morgan fingerprint density at radius 3 is 2.67 bits per heavy atom. The second-order valence-corrected chi connectivity index (χ2v) is 4.21. The second kappa shape index (κ2) is 4.65. The first kappa shape index (κ1) is 13.0. The van der Waals surface area contributed by atoms with E-state index in [4.69, 9.17) is 16.0 Å². The van der Waals surface area contributed by atoms with Crippen molar-refractivity contribution >= 4 is 28.4 Å². The first-order valence-corrected chi connectivity index (χ1v) is 5.52. The van der Waals surface area contributed by atoms with Crippen LogP contribution in [-0.2, 0) is 0 Å². The molecule has 1 aromatic heterocycles. The molecule has 0 aliphatic carbocycles. The molecule has 0 fully saturated rings. The molecule has 0 bridgehead atoms. The van der Waals surface area contributed by atoms with Crippen LogP contribution in [0, 0.1) is 0 Å². The fourth-order valence-electron chi connectivity index (χ4n) is 1.54. The molecule has 2 nitrogen and oxygen atoms in total. The van der Waals surface area contributed by atoms with Gasteiger partial charge in [0.2, 0.25) is 0 Å². The van der Waals surface area contributed by atoms with E-state index in [9.17, 15) is 18.0 Å². The summed E-state index contributed by atoms with van der Waals surface area (Å²) in [4.78, 5) is 11.5. The summed E-state index contributed by atoms with van der Waals surface area (Å²) in [5.41, 5.74) is 0.314. The van der Waals surface area contributed by atoms with Gasteiger partial charge in [-0.2, -0.15) is 13.2 Å². The molecule has 0 N–H and O–H groups in total. The quantitative estimate of drug-likeness (QED) is 0.766. The standard InChI is InChI=1S/C12H8ClF3O2/c13-8-3-1-2-7-6-10(18-11(7)8)9(17)4-5-12(14,15)16/h1-3,6H,4-5H2. The van der Waals surface area contributed by atoms with Crippen molar-refractivity contribution < 1.29 is 22.4 Å². The Labute approximate surface area is 105 Å². The van der Waals surface area contributed by atoms with Crippen molar-refractivity contribution in [1.29, 1.82) is 0 Å². The van der Waals surface area contributed by atoms with Gasteiger partial charge in [0.25, 0.3) is 0 Å². The number of halogens is 4. The summed E-state index contributed by atoms with van der Waals surface area (Å²) in [7, 11) is 0. The topological polar surface area (TPSA) is 30.2 Å². The summed E-state index contributed by atoms with van der Waals surface area (Å²) in [5, 5.41) is 0.917. The molecular weight excluding hydrogens is 269 g/mol. The normalized spacial score (nSPS) is 12.0. The van der Waals surface area contributed by atoms with Crippen molar-refractivity contribution in [2.75, 3.05) is 0 Å². The van der Waals surface area contributed by atoms with E-state index in [-0.39, 0.29) is 5.76 Å². The molecule has 96 valence electrons. The molecule has 0 atom stereocenters. The minimum absolute atomic E-state index is 0.0950. The van der Waals surface area contributed by atoms with Gasteiger partial charge in [-0.15, -0.1) is 0 Å². The van der Waals surface area contributed by atoms with Crippen LogP contribution in [0.2, 0.25) is 5.02 Å². The lowest BCUT2D eigenvalue weighted by molar-refractivity contribution is -0.133. The summed E-state index contributed by atoms with van der Waals surface area (Å²) in [6.07, 6.45) is -6.13. The Balaban J connectivity index is 2.21. The van der Waals surface area contributed by atoms with Gasteiger partial charge in [-0.1, -0.05) is 23.7 Å². The third-order valence-electron chi connectivity index (χ3n) is 2.41. The van der Waals surface area contributed by atoms with E-state index in [1.165, 1.54) is 6.07 Å². The first-order chi connectivity index (χ1) is 8.37. The third kappa shape index (κ3) is 2.85. The molecule has 0 saturated heterocycles. The molecule has 0 aliphatic heterocycles. The van der Waals surface area contributed by atoms with Crippen LogP contribution in [0.3, 0.4) is 0 Å². The average Bonchev–Trinajstić information content (AvgIpc) is 2.70. The second-order valence-electron chi connectivity index (χ2n) is 3.81. The van der Waals surface area contributed by atoms with Gasteiger partial charge in [-0.25, -0.2) is 0 Å². The highest BCUT2D eigenvalue weighted by Gasteiger charge is 2.28. The molecule has 0 saturated carbocycles. The lowest BCUT2D eigenvalue weighted by Gasteiger charge is -2.03. The molecule has 0 amide bonds. The molecule has 2 rings (SSSR count). The minimum atomic E-state index is -4.35. The maximum atomic E-state index is 12.0. The Hall–Kier alpha value is -1.49. The summed E-state index contributed by atoms with van der Waals surface area (Å²) in [5.74, 6) is -0.776. The van der Waals surface area contributed by atoms with Crippen LogP contribution in [0.4, 0.5) is 13.2 Å². The van der Waals surface area contributed by atoms with Crippen molar-refractivity contribution in [3.8, 4) is 0 Å². The summed E-state index contributed by atoms with van der Waals surface area (Å²) >= 11 is 5.84. The zero-order chi connectivity index (χ0) is 13.3. The molecule has 1 heterocycles. The monoisotopic (exact) mass is 276 g/mol. The maximum Gasteiger partial charge on any atom is 0.389 e. The Kier molecular flexibility index (Phi) is 3.34. The number of hydrogen-bond acceptors (Lipinski definition) is 2. The van der Waals surface area contributed by atoms with E-state index < -0.39 is 24.8 Å². The molecular formula is C12H8ClF3O2. The Morgan fingerprint density at radius 2 is 2.06 bits per heavy atom. The van der Waals surface area contributed by atoms with Crippen molar-refractivity contribution in [2.24, 2.45) is 0 Å². The van der Waals surface area contributed by atoms with Crippen LogP contribution in [0.15, 0.2) is 28.7 Å². The number of hydrogen-bond donors (Lipinski definition) is 0. The summed E-state index contributed by atoms with van der Waals surface area (Å²) in [6, 6.07) is 6.33.